The minimum absolute atomic E-state index is 0.430. The van der Waals surface area contributed by atoms with Crippen LogP contribution < -0.4 is 4.74 Å². The van der Waals surface area contributed by atoms with E-state index in [1.54, 1.807) is 6.20 Å². The molecule has 1 spiro atoms. The van der Waals surface area contributed by atoms with Crippen LogP contribution in [-0.4, -0.2) is 15.0 Å². The van der Waals surface area contributed by atoms with Gasteiger partial charge in [0, 0.05) is 28.5 Å². The molecule has 1 atom stereocenters. The molecule has 1 aliphatic heterocycles. The summed E-state index contributed by atoms with van der Waals surface area (Å²) in [4.78, 5) is 14.7. The molecule has 2 aliphatic carbocycles. The van der Waals surface area contributed by atoms with Gasteiger partial charge in [-0.1, -0.05) is 121 Å². The third-order valence-corrected chi connectivity index (χ3v) is 10.3. The highest BCUT2D eigenvalue weighted by molar-refractivity contribution is 5.90. The Bertz CT molecular complexity index is 2460. The minimum Gasteiger partial charge on any atom is -0.457 e. The molecule has 0 N–H and O–H groups in total. The van der Waals surface area contributed by atoms with Gasteiger partial charge in [-0.2, -0.15) is 0 Å². The predicted octanol–water partition coefficient (Wildman–Crippen LogP) is 11.1. The monoisotopic (exact) mass is 641 g/mol. The number of fused-ring (bicyclic) bond motifs is 8. The van der Waals surface area contributed by atoms with Crippen LogP contribution in [0.1, 0.15) is 35.1 Å². The van der Waals surface area contributed by atoms with Gasteiger partial charge in [0.25, 0.3) is 0 Å². The van der Waals surface area contributed by atoms with Crippen LogP contribution in [0.5, 0.6) is 11.5 Å². The van der Waals surface area contributed by atoms with Crippen LogP contribution >= 0.6 is 0 Å². The summed E-state index contributed by atoms with van der Waals surface area (Å²) >= 11 is 0. The molecule has 5 aromatic carbocycles. The van der Waals surface area contributed by atoms with Crippen molar-refractivity contribution in [1.82, 2.24) is 15.0 Å². The molecule has 0 saturated carbocycles. The summed E-state index contributed by atoms with van der Waals surface area (Å²) in [6.07, 6.45) is 8.60. The van der Waals surface area contributed by atoms with E-state index in [-0.39, 0.29) is 0 Å². The Kier molecular flexibility index (Phi) is 6.50. The van der Waals surface area contributed by atoms with Gasteiger partial charge in [0.2, 0.25) is 0 Å². The number of rotatable bonds is 4. The fraction of sp³-hybridized carbons (Fsp3) is 0.0652. The van der Waals surface area contributed by atoms with Gasteiger partial charge in [-0.25, -0.2) is 9.97 Å². The van der Waals surface area contributed by atoms with Crippen molar-refractivity contribution in [2.24, 2.45) is 0 Å². The molecular formula is C46H31N3O. The topological polar surface area (TPSA) is 47.9 Å². The molecule has 4 nitrogen and oxygen atoms in total. The molecule has 0 radical (unpaired) electrons. The molecule has 2 aromatic heterocycles. The standard InChI is InChI=1S/C46H31N3O/c1-2-13-30(14-3-1)41-29-42(40-22-10-11-26-47-40)49-45(48-41)33-16-12-15-31(27-33)32-24-25-39-44(28-32)50-43-23-9-8-21-38(43)46(39)36-19-6-4-17-34(36)35-18-5-7-20-37(35)46/h1-4,6-17,19-29H,5,18H2. The molecule has 0 bridgehead atoms. The van der Waals surface area contributed by atoms with Gasteiger partial charge < -0.3 is 4.74 Å². The minimum atomic E-state index is -0.430. The number of hydrogen-bond acceptors (Lipinski definition) is 4. The highest BCUT2D eigenvalue weighted by atomic mass is 16.5. The molecule has 10 rings (SSSR count). The first-order valence-electron chi connectivity index (χ1n) is 17.2. The van der Waals surface area contributed by atoms with E-state index in [2.05, 4.69) is 120 Å². The highest BCUT2D eigenvalue weighted by Gasteiger charge is 2.51. The van der Waals surface area contributed by atoms with Crippen LogP contribution in [0.15, 0.2) is 170 Å². The van der Waals surface area contributed by atoms with Crippen LogP contribution in [0.25, 0.3) is 50.7 Å². The van der Waals surface area contributed by atoms with Crippen LogP contribution in [0.3, 0.4) is 0 Å². The van der Waals surface area contributed by atoms with E-state index in [0.717, 1.165) is 63.7 Å². The number of pyridine rings is 1. The number of para-hydroxylation sites is 1. The number of benzene rings is 5. The lowest BCUT2D eigenvalue weighted by atomic mass is 9.64. The van der Waals surface area contributed by atoms with Crippen molar-refractivity contribution in [3.8, 4) is 56.7 Å². The Balaban J connectivity index is 1.12. The molecule has 50 heavy (non-hydrogen) atoms. The molecule has 4 heteroatoms. The van der Waals surface area contributed by atoms with Gasteiger partial charge in [-0.15, -0.1) is 0 Å². The van der Waals surface area contributed by atoms with E-state index in [9.17, 15) is 0 Å². The maximum Gasteiger partial charge on any atom is 0.160 e. The predicted molar refractivity (Wildman–Crippen MR) is 200 cm³/mol. The maximum atomic E-state index is 6.79. The molecule has 3 aliphatic rings. The van der Waals surface area contributed by atoms with E-state index in [0.29, 0.717) is 5.82 Å². The molecule has 0 fully saturated rings. The molecule has 7 aromatic rings. The molecular weight excluding hydrogens is 611 g/mol. The SMILES string of the molecule is C1=CC2=C(CC1)c1ccccc1C21c2ccccc2Oc2cc(-c3cccc(-c4nc(-c5ccccc5)cc(-c5ccccn5)n4)c3)ccc21. The largest absolute Gasteiger partial charge is 0.457 e. The lowest BCUT2D eigenvalue weighted by Crippen LogP contribution is -2.33. The number of hydrogen-bond donors (Lipinski definition) is 0. The summed E-state index contributed by atoms with van der Waals surface area (Å²) in [5.41, 5.74) is 14.0. The van der Waals surface area contributed by atoms with Crippen molar-refractivity contribution in [3.05, 3.63) is 192 Å². The summed E-state index contributed by atoms with van der Waals surface area (Å²) in [5, 5.41) is 0. The molecule has 3 heterocycles. The Morgan fingerprint density at radius 2 is 1.26 bits per heavy atom. The van der Waals surface area contributed by atoms with Crippen molar-refractivity contribution >= 4 is 5.57 Å². The van der Waals surface area contributed by atoms with Crippen LogP contribution in [-0.2, 0) is 5.41 Å². The first kappa shape index (κ1) is 28.6. The molecule has 1 unspecified atom stereocenters. The van der Waals surface area contributed by atoms with E-state index in [1.165, 1.54) is 33.4 Å². The van der Waals surface area contributed by atoms with Crippen molar-refractivity contribution in [2.45, 2.75) is 18.3 Å². The third kappa shape index (κ3) is 4.35. The molecule has 0 saturated heterocycles. The fourth-order valence-electron chi connectivity index (χ4n) is 8.14. The summed E-state index contributed by atoms with van der Waals surface area (Å²) in [6, 6.07) is 50.9. The average molecular weight is 642 g/mol. The first-order chi connectivity index (χ1) is 24.8. The zero-order chi connectivity index (χ0) is 33.1. The number of allylic oxidation sites excluding steroid dienone is 4. The van der Waals surface area contributed by atoms with Crippen LogP contribution in [0.2, 0.25) is 0 Å². The lowest BCUT2D eigenvalue weighted by Gasteiger charge is -2.40. The highest BCUT2D eigenvalue weighted by Crippen LogP contribution is 2.62. The van der Waals surface area contributed by atoms with Crippen molar-refractivity contribution in [3.63, 3.8) is 0 Å². The Morgan fingerprint density at radius 3 is 2.16 bits per heavy atom. The number of aromatic nitrogens is 3. The van der Waals surface area contributed by atoms with Crippen molar-refractivity contribution < 1.29 is 4.74 Å². The van der Waals surface area contributed by atoms with E-state index in [4.69, 9.17) is 14.7 Å². The summed E-state index contributed by atoms with van der Waals surface area (Å²) < 4.78 is 6.79. The van der Waals surface area contributed by atoms with Gasteiger partial charge in [-0.05, 0) is 82.6 Å². The quantitative estimate of drug-likeness (QED) is 0.192. The normalized spacial score (nSPS) is 16.7. The second-order valence-electron chi connectivity index (χ2n) is 13.1. The fourth-order valence-corrected chi connectivity index (χ4v) is 8.14. The zero-order valence-electron chi connectivity index (χ0n) is 27.3. The number of ether oxygens (including phenoxy) is 1. The Morgan fingerprint density at radius 1 is 0.520 bits per heavy atom. The zero-order valence-corrected chi connectivity index (χ0v) is 27.3. The van der Waals surface area contributed by atoms with E-state index >= 15 is 0 Å². The average Bonchev–Trinajstić information content (AvgIpc) is 3.49. The van der Waals surface area contributed by atoms with Gasteiger partial charge in [0.1, 0.15) is 11.5 Å². The second kappa shape index (κ2) is 11.4. The molecule has 0 amide bonds. The van der Waals surface area contributed by atoms with E-state index in [1.807, 2.05) is 42.5 Å². The van der Waals surface area contributed by atoms with Gasteiger partial charge >= 0.3 is 0 Å². The van der Waals surface area contributed by atoms with Crippen molar-refractivity contribution in [1.29, 1.82) is 0 Å². The first-order valence-corrected chi connectivity index (χ1v) is 17.2. The Labute approximate surface area is 291 Å². The van der Waals surface area contributed by atoms with Gasteiger partial charge in [0.15, 0.2) is 5.82 Å². The third-order valence-electron chi connectivity index (χ3n) is 10.3. The van der Waals surface area contributed by atoms with Crippen LogP contribution in [0.4, 0.5) is 0 Å². The van der Waals surface area contributed by atoms with Crippen LogP contribution in [0, 0.1) is 0 Å². The van der Waals surface area contributed by atoms with E-state index < -0.39 is 5.41 Å². The number of nitrogens with zero attached hydrogens (tertiary/aromatic N) is 3. The second-order valence-corrected chi connectivity index (χ2v) is 13.1. The summed E-state index contributed by atoms with van der Waals surface area (Å²) in [5.74, 6) is 2.44. The van der Waals surface area contributed by atoms with Gasteiger partial charge in [0.05, 0.1) is 22.5 Å². The summed E-state index contributed by atoms with van der Waals surface area (Å²) in [7, 11) is 0. The molecule has 236 valence electrons. The smallest absolute Gasteiger partial charge is 0.160 e. The summed E-state index contributed by atoms with van der Waals surface area (Å²) in [6.45, 7) is 0. The van der Waals surface area contributed by atoms with Crippen molar-refractivity contribution in [2.75, 3.05) is 0 Å². The maximum absolute atomic E-state index is 6.79. The Hall–Kier alpha value is -6.39. The van der Waals surface area contributed by atoms with Gasteiger partial charge in [-0.3, -0.25) is 4.98 Å². The lowest BCUT2D eigenvalue weighted by molar-refractivity contribution is 0.436.